The molecule has 1 unspecified atom stereocenters. The summed E-state index contributed by atoms with van der Waals surface area (Å²) < 4.78 is 10.5. The molecule has 1 aliphatic heterocycles. The zero-order valence-corrected chi connectivity index (χ0v) is 10.6. The van der Waals surface area contributed by atoms with E-state index in [9.17, 15) is 4.79 Å². The highest BCUT2D eigenvalue weighted by Gasteiger charge is 2.15. The second-order valence-corrected chi connectivity index (χ2v) is 4.80. The molecule has 19 heavy (non-hydrogen) atoms. The SMILES string of the molecule is Nc1cc2oc(=O)[nH]c2cc1NCCC1CCCO1. The van der Waals surface area contributed by atoms with E-state index in [0.717, 1.165) is 38.1 Å². The largest absolute Gasteiger partial charge is 0.417 e. The number of aromatic amines is 1. The number of benzene rings is 1. The molecule has 1 saturated heterocycles. The van der Waals surface area contributed by atoms with Crippen LogP contribution in [0.5, 0.6) is 0 Å². The van der Waals surface area contributed by atoms with Crippen LogP contribution < -0.4 is 16.8 Å². The summed E-state index contributed by atoms with van der Waals surface area (Å²) in [6.07, 6.45) is 3.59. The molecule has 0 saturated carbocycles. The van der Waals surface area contributed by atoms with E-state index in [1.807, 2.05) is 0 Å². The van der Waals surface area contributed by atoms with Gasteiger partial charge in [-0.25, -0.2) is 4.79 Å². The summed E-state index contributed by atoms with van der Waals surface area (Å²) in [5.41, 5.74) is 8.43. The van der Waals surface area contributed by atoms with Crippen LogP contribution in [0.3, 0.4) is 0 Å². The fourth-order valence-corrected chi connectivity index (χ4v) is 2.41. The standard InChI is InChI=1S/C13H17N3O3/c14-9-6-12-11(16-13(17)19-12)7-10(9)15-4-3-8-2-1-5-18-8/h6-8,15H,1-5,14H2,(H,16,17). The van der Waals surface area contributed by atoms with Crippen molar-refractivity contribution in [1.82, 2.24) is 4.98 Å². The number of nitrogens with two attached hydrogens (primary N) is 1. The van der Waals surface area contributed by atoms with Gasteiger partial charge in [0.15, 0.2) is 5.58 Å². The predicted molar refractivity (Wildman–Crippen MR) is 73.3 cm³/mol. The molecule has 3 rings (SSSR count). The summed E-state index contributed by atoms with van der Waals surface area (Å²) in [5.74, 6) is -0.467. The molecule has 4 N–H and O–H groups in total. The van der Waals surface area contributed by atoms with Gasteiger partial charge in [-0.05, 0) is 25.3 Å². The molecule has 2 heterocycles. The van der Waals surface area contributed by atoms with Crippen molar-refractivity contribution in [1.29, 1.82) is 0 Å². The normalized spacial score (nSPS) is 19.1. The van der Waals surface area contributed by atoms with E-state index in [0.29, 0.717) is 22.9 Å². The third-order valence-corrected chi connectivity index (χ3v) is 3.40. The van der Waals surface area contributed by atoms with Crippen LogP contribution in [-0.4, -0.2) is 24.2 Å². The van der Waals surface area contributed by atoms with E-state index in [4.69, 9.17) is 14.9 Å². The first-order valence-corrected chi connectivity index (χ1v) is 6.50. The van der Waals surface area contributed by atoms with Crippen molar-refractivity contribution in [3.8, 4) is 0 Å². The van der Waals surface area contributed by atoms with Crippen LogP contribution in [0.1, 0.15) is 19.3 Å². The van der Waals surface area contributed by atoms with Crippen LogP contribution >= 0.6 is 0 Å². The van der Waals surface area contributed by atoms with Crippen molar-refractivity contribution in [2.24, 2.45) is 0 Å². The molecule has 0 aliphatic carbocycles. The van der Waals surface area contributed by atoms with Gasteiger partial charge in [-0.3, -0.25) is 4.98 Å². The fourth-order valence-electron chi connectivity index (χ4n) is 2.41. The van der Waals surface area contributed by atoms with Crippen LogP contribution in [0.15, 0.2) is 21.3 Å². The van der Waals surface area contributed by atoms with Gasteiger partial charge in [0.05, 0.1) is 23.0 Å². The zero-order valence-electron chi connectivity index (χ0n) is 10.6. The number of H-pyrrole nitrogens is 1. The zero-order chi connectivity index (χ0) is 13.2. The van der Waals surface area contributed by atoms with Crippen LogP contribution in [0.4, 0.5) is 11.4 Å². The third kappa shape index (κ3) is 2.58. The molecular weight excluding hydrogens is 246 g/mol. The van der Waals surface area contributed by atoms with E-state index in [1.165, 1.54) is 0 Å². The van der Waals surface area contributed by atoms with E-state index in [2.05, 4.69) is 10.3 Å². The smallest absolute Gasteiger partial charge is 0.408 e. The van der Waals surface area contributed by atoms with E-state index >= 15 is 0 Å². The maximum atomic E-state index is 11.1. The van der Waals surface area contributed by atoms with Gasteiger partial charge in [0.25, 0.3) is 0 Å². The van der Waals surface area contributed by atoms with Crippen molar-refractivity contribution in [2.75, 3.05) is 24.2 Å². The first-order chi connectivity index (χ1) is 9.22. The highest BCUT2D eigenvalue weighted by atomic mass is 16.5. The molecule has 0 amide bonds. The molecule has 1 aromatic carbocycles. The molecule has 0 radical (unpaired) electrons. The average Bonchev–Trinajstić information content (AvgIpc) is 2.98. The Morgan fingerprint density at radius 2 is 2.37 bits per heavy atom. The first kappa shape index (κ1) is 12.1. The quantitative estimate of drug-likeness (QED) is 0.730. The lowest BCUT2D eigenvalue weighted by Gasteiger charge is -2.12. The lowest BCUT2D eigenvalue weighted by molar-refractivity contribution is 0.107. The van der Waals surface area contributed by atoms with Crippen LogP contribution in [0.25, 0.3) is 11.1 Å². The fraction of sp³-hybridized carbons (Fsp3) is 0.462. The summed E-state index contributed by atoms with van der Waals surface area (Å²) in [5, 5.41) is 3.27. The van der Waals surface area contributed by atoms with Gasteiger partial charge in [-0.15, -0.1) is 0 Å². The Kier molecular flexibility index (Phi) is 3.16. The Labute approximate surface area is 109 Å². The molecule has 1 fully saturated rings. The molecule has 0 bridgehead atoms. The number of rotatable bonds is 4. The van der Waals surface area contributed by atoms with Gasteiger partial charge >= 0.3 is 5.76 Å². The number of ether oxygens (including phenoxy) is 1. The Balaban J connectivity index is 1.69. The van der Waals surface area contributed by atoms with Gasteiger partial charge in [0, 0.05) is 19.2 Å². The molecular formula is C13H17N3O3. The van der Waals surface area contributed by atoms with E-state index in [-0.39, 0.29) is 0 Å². The van der Waals surface area contributed by atoms with Crippen molar-refractivity contribution in [3.63, 3.8) is 0 Å². The maximum Gasteiger partial charge on any atom is 0.417 e. The van der Waals surface area contributed by atoms with Crippen LogP contribution in [-0.2, 0) is 4.74 Å². The monoisotopic (exact) mass is 263 g/mol. The molecule has 1 aliphatic rings. The molecule has 1 atom stereocenters. The Bertz CT molecular complexity index is 626. The minimum Gasteiger partial charge on any atom is -0.408 e. The third-order valence-electron chi connectivity index (χ3n) is 3.40. The number of hydrogen-bond donors (Lipinski definition) is 3. The van der Waals surface area contributed by atoms with Crippen LogP contribution in [0, 0.1) is 0 Å². The van der Waals surface area contributed by atoms with Crippen LogP contribution in [0.2, 0.25) is 0 Å². The van der Waals surface area contributed by atoms with Gasteiger partial charge in [0.2, 0.25) is 0 Å². The second-order valence-electron chi connectivity index (χ2n) is 4.80. The van der Waals surface area contributed by atoms with Gasteiger partial charge in [0.1, 0.15) is 0 Å². The second kappa shape index (κ2) is 4.97. The number of nitrogen functional groups attached to an aromatic ring is 1. The lowest BCUT2D eigenvalue weighted by atomic mass is 10.2. The Hall–Kier alpha value is -1.95. The number of aromatic nitrogens is 1. The summed E-state index contributed by atoms with van der Waals surface area (Å²) in [6, 6.07) is 3.45. The van der Waals surface area contributed by atoms with E-state index in [1.54, 1.807) is 12.1 Å². The molecule has 1 aromatic heterocycles. The number of hydrogen-bond acceptors (Lipinski definition) is 5. The Morgan fingerprint density at radius 1 is 1.47 bits per heavy atom. The lowest BCUT2D eigenvalue weighted by Crippen LogP contribution is -2.13. The summed E-state index contributed by atoms with van der Waals surface area (Å²) in [7, 11) is 0. The van der Waals surface area contributed by atoms with Crippen molar-refractivity contribution < 1.29 is 9.15 Å². The molecule has 6 heteroatoms. The number of nitrogens with one attached hydrogen (secondary N) is 2. The number of oxazole rings is 1. The Morgan fingerprint density at radius 3 is 3.16 bits per heavy atom. The maximum absolute atomic E-state index is 11.1. The topological polar surface area (TPSA) is 93.3 Å². The minimum absolute atomic E-state index is 0.353. The van der Waals surface area contributed by atoms with Gasteiger partial charge in [-0.2, -0.15) is 0 Å². The summed E-state index contributed by atoms with van der Waals surface area (Å²) in [6.45, 7) is 1.66. The highest BCUT2D eigenvalue weighted by molar-refractivity contribution is 5.85. The number of fused-ring (bicyclic) bond motifs is 1. The highest BCUT2D eigenvalue weighted by Crippen LogP contribution is 2.24. The molecule has 6 nitrogen and oxygen atoms in total. The van der Waals surface area contributed by atoms with Crippen molar-refractivity contribution in [2.45, 2.75) is 25.4 Å². The van der Waals surface area contributed by atoms with Gasteiger partial charge < -0.3 is 20.2 Å². The molecule has 0 spiro atoms. The summed E-state index contributed by atoms with van der Waals surface area (Å²) in [4.78, 5) is 13.7. The predicted octanol–water partition coefficient (Wildman–Crippen LogP) is 1.68. The molecule has 102 valence electrons. The van der Waals surface area contributed by atoms with E-state index < -0.39 is 5.76 Å². The van der Waals surface area contributed by atoms with Gasteiger partial charge in [-0.1, -0.05) is 0 Å². The minimum atomic E-state index is -0.467. The average molecular weight is 263 g/mol. The van der Waals surface area contributed by atoms with Crippen molar-refractivity contribution in [3.05, 3.63) is 22.7 Å². The van der Waals surface area contributed by atoms with Crippen molar-refractivity contribution >= 4 is 22.5 Å². The molecule has 2 aromatic rings. The number of anilines is 2. The summed E-state index contributed by atoms with van der Waals surface area (Å²) >= 11 is 0. The first-order valence-electron chi connectivity index (χ1n) is 6.50.